The molecule has 2 rings (SSSR count). The second-order valence-corrected chi connectivity index (χ2v) is 6.14. The van der Waals surface area contributed by atoms with E-state index in [1.54, 1.807) is 0 Å². The third kappa shape index (κ3) is 4.20. The molecule has 1 aromatic carbocycles. The minimum Gasteiger partial charge on any atom is -0.490 e. The monoisotopic (exact) mass is 312 g/mol. The van der Waals surface area contributed by atoms with Crippen molar-refractivity contribution in [1.82, 2.24) is 0 Å². The molecule has 1 saturated carbocycles. The van der Waals surface area contributed by atoms with E-state index in [0.717, 1.165) is 24.8 Å². The van der Waals surface area contributed by atoms with Crippen molar-refractivity contribution in [2.75, 3.05) is 6.61 Å². The Morgan fingerprint density at radius 2 is 1.73 bits per heavy atom. The third-order valence-corrected chi connectivity index (χ3v) is 4.49. The summed E-state index contributed by atoms with van der Waals surface area (Å²) in [6.07, 6.45) is 6.94. The number of halogens is 2. The van der Waals surface area contributed by atoms with Crippen molar-refractivity contribution in [2.24, 2.45) is 11.8 Å². The van der Waals surface area contributed by atoms with Gasteiger partial charge in [-0.3, -0.25) is 0 Å². The molecule has 0 atom stereocenters. The Hall–Kier alpha value is -1.14. The normalized spacial score (nSPS) is 21.7. The maximum atomic E-state index is 13.8. The Labute approximate surface area is 130 Å². The first kappa shape index (κ1) is 17.2. The molecule has 1 aliphatic rings. The van der Waals surface area contributed by atoms with Crippen molar-refractivity contribution in [3.8, 4) is 5.75 Å². The molecule has 1 aromatic rings. The summed E-state index contributed by atoms with van der Waals surface area (Å²) in [6, 6.07) is 2.38. The lowest BCUT2D eigenvalue weighted by atomic mass is 9.79. The van der Waals surface area contributed by atoms with Crippen LogP contribution in [0.3, 0.4) is 0 Å². The zero-order valence-corrected chi connectivity index (χ0v) is 12.9. The second-order valence-electron chi connectivity index (χ2n) is 6.14. The smallest absolute Gasteiger partial charge is 0.490 e. The van der Waals surface area contributed by atoms with E-state index < -0.39 is 24.2 Å². The third-order valence-electron chi connectivity index (χ3n) is 4.49. The molecule has 0 bridgehead atoms. The van der Waals surface area contributed by atoms with Crippen LogP contribution < -0.4 is 10.2 Å². The first-order chi connectivity index (χ1) is 10.5. The van der Waals surface area contributed by atoms with Crippen molar-refractivity contribution < 1.29 is 23.6 Å². The standard InChI is InChI=1S/C16H23BF2O3/c1-2-3-11-4-6-12(7-5-11)10-22-14-9-8-13(17(20)21)15(18)16(14)19/h8-9,11-12,20-21H,2-7,10H2,1H3. The average Bonchev–Trinajstić information content (AvgIpc) is 2.50. The zero-order chi connectivity index (χ0) is 16.1. The highest BCUT2D eigenvalue weighted by molar-refractivity contribution is 6.58. The maximum absolute atomic E-state index is 13.8. The summed E-state index contributed by atoms with van der Waals surface area (Å²) in [5.74, 6) is -1.43. The molecule has 0 aliphatic heterocycles. The summed E-state index contributed by atoms with van der Waals surface area (Å²) >= 11 is 0. The van der Waals surface area contributed by atoms with E-state index >= 15 is 0 Å². The van der Waals surface area contributed by atoms with Crippen molar-refractivity contribution in [3.63, 3.8) is 0 Å². The first-order valence-corrected chi connectivity index (χ1v) is 7.99. The maximum Gasteiger partial charge on any atom is 0.491 e. The Morgan fingerprint density at radius 3 is 2.32 bits per heavy atom. The van der Waals surface area contributed by atoms with Gasteiger partial charge in [-0.1, -0.05) is 38.7 Å². The highest BCUT2D eigenvalue weighted by atomic mass is 19.2. The van der Waals surface area contributed by atoms with E-state index in [4.69, 9.17) is 14.8 Å². The second kappa shape index (κ2) is 7.93. The molecule has 0 radical (unpaired) electrons. The molecule has 0 aromatic heterocycles. The topological polar surface area (TPSA) is 49.7 Å². The molecule has 22 heavy (non-hydrogen) atoms. The van der Waals surface area contributed by atoms with Gasteiger partial charge in [0.05, 0.1) is 6.61 Å². The Morgan fingerprint density at radius 1 is 1.09 bits per heavy atom. The molecule has 6 heteroatoms. The van der Waals surface area contributed by atoms with Gasteiger partial charge in [-0.25, -0.2) is 4.39 Å². The van der Waals surface area contributed by atoms with Gasteiger partial charge in [0.1, 0.15) is 0 Å². The van der Waals surface area contributed by atoms with E-state index in [-0.39, 0.29) is 5.75 Å². The van der Waals surface area contributed by atoms with Crippen LogP contribution in [-0.4, -0.2) is 23.8 Å². The molecule has 0 heterocycles. The lowest BCUT2D eigenvalue weighted by molar-refractivity contribution is 0.173. The molecular weight excluding hydrogens is 289 g/mol. The molecule has 0 amide bonds. The van der Waals surface area contributed by atoms with Crippen molar-refractivity contribution in [1.29, 1.82) is 0 Å². The van der Waals surface area contributed by atoms with Gasteiger partial charge in [0.25, 0.3) is 0 Å². The van der Waals surface area contributed by atoms with Crippen molar-refractivity contribution >= 4 is 12.6 Å². The molecule has 3 nitrogen and oxygen atoms in total. The van der Waals surface area contributed by atoms with Gasteiger partial charge in [0, 0.05) is 5.46 Å². The zero-order valence-electron chi connectivity index (χ0n) is 12.9. The Bertz CT molecular complexity index is 489. The summed E-state index contributed by atoms with van der Waals surface area (Å²) in [5.41, 5.74) is -0.482. The number of ether oxygens (including phenoxy) is 1. The van der Waals surface area contributed by atoms with E-state index in [1.807, 2.05) is 0 Å². The van der Waals surface area contributed by atoms with E-state index in [9.17, 15) is 8.78 Å². The summed E-state index contributed by atoms with van der Waals surface area (Å²) in [6.45, 7) is 2.57. The molecule has 0 spiro atoms. The van der Waals surface area contributed by atoms with Crippen LogP contribution in [0.2, 0.25) is 0 Å². The van der Waals surface area contributed by atoms with Crippen molar-refractivity contribution in [3.05, 3.63) is 23.8 Å². The van der Waals surface area contributed by atoms with Gasteiger partial charge >= 0.3 is 7.12 Å². The van der Waals surface area contributed by atoms with Gasteiger partial charge in [0.15, 0.2) is 17.4 Å². The van der Waals surface area contributed by atoms with Gasteiger partial charge in [0.2, 0.25) is 0 Å². The van der Waals surface area contributed by atoms with Gasteiger partial charge in [-0.15, -0.1) is 0 Å². The summed E-state index contributed by atoms with van der Waals surface area (Å²) < 4.78 is 32.9. The number of hydrogen-bond acceptors (Lipinski definition) is 3. The highest BCUT2D eigenvalue weighted by Crippen LogP contribution is 2.32. The molecule has 122 valence electrons. The Balaban J connectivity index is 1.89. The number of benzene rings is 1. The van der Waals surface area contributed by atoms with Crippen molar-refractivity contribution in [2.45, 2.75) is 45.4 Å². The lowest BCUT2D eigenvalue weighted by Crippen LogP contribution is -2.33. The summed E-state index contributed by atoms with van der Waals surface area (Å²) in [7, 11) is -2.03. The predicted octanol–water partition coefficient (Wildman–Crippen LogP) is 2.63. The Kier molecular flexibility index (Phi) is 6.21. The largest absolute Gasteiger partial charge is 0.491 e. The van der Waals surface area contributed by atoms with Crippen LogP contribution in [0.25, 0.3) is 0 Å². The first-order valence-electron chi connectivity index (χ1n) is 7.99. The van der Waals surface area contributed by atoms with Crippen LogP contribution in [0.15, 0.2) is 12.1 Å². The fourth-order valence-corrected chi connectivity index (χ4v) is 3.16. The van der Waals surface area contributed by atoms with Crippen LogP contribution >= 0.6 is 0 Å². The predicted molar refractivity (Wildman–Crippen MR) is 82.0 cm³/mol. The quantitative estimate of drug-likeness (QED) is 0.794. The molecule has 1 aliphatic carbocycles. The van der Waals surface area contributed by atoms with E-state index in [0.29, 0.717) is 12.5 Å². The van der Waals surface area contributed by atoms with Gasteiger partial charge < -0.3 is 14.8 Å². The minimum atomic E-state index is -2.03. The molecule has 2 N–H and O–H groups in total. The van der Waals surface area contributed by atoms with Crippen LogP contribution in [0, 0.1) is 23.5 Å². The molecule has 1 fully saturated rings. The fraction of sp³-hybridized carbons (Fsp3) is 0.625. The molecule has 0 saturated heterocycles. The van der Waals surface area contributed by atoms with Crippen LogP contribution in [0.5, 0.6) is 5.75 Å². The van der Waals surface area contributed by atoms with Gasteiger partial charge in [-0.05, 0) is 30.7 Å². The summed E-state index contributed by atoms with van der Waals surface area (Å²) in [4.78, 5) is 0. The van der Waals surface area contributed by atoms with E-state index in [1.165, 1.54) is 31.7 Å². The van der Waals surface area contributed by atoms with Crippen LogP contribution in [0.1, 0.15) is 45.4 Å². The number of rotatable bonds is 6. The number of hydrogen-bond donors (Lipinski definition) is 2. The summed E-state index contributed by atoms with van der Waals surface area (Å²) in [5, 5.41) is 17.9. The SMILES string of the molecule is CCCC1CCC(COc2ccc(B(O)O)c(F)c2F)CC1. The molecular formula is C16H23BF2O3. The highest BCUT2D eigenvalue weighted by Gasteiger charge is 2.24. The van der Waals surface area contributed by atoms with Gasteiger partial charge in [-0.2, -0.15) is 4.39 Å². The lowest BCUT2D eigenvalue weighted by Gasteiger charge is -2.28. The fourth-order valence-electron chi connectivity index (χ4n) is 3.16. The average molecular weight is 312 g/mol. The van der Waals surface area contributed by atoms with E-state index in [2.05, 4.69) is 6.92 Å². The van der Waals surface area contributed by atoms with Crippen LogP contribution in [-0.2, 0) is 0 Å². The molecule has 0 unspecified atom stereocenters. The minimum absolute atomic E-state index is 0.169. The van der Waals surface area contributed by atoms with Crippen LogP contribution in [0.4, 0.5) is 8.78 Å².